The number of benzene rings is 1. The van der Waals surface area contributed by atoms with E-state index in [1.165, 1.54) is 5.56 Å². The van der Waals surface area contributed by atoms with E-state index in [2.05, 4.69) is 58.7 Å². The third-order valence-electron chi connectivity index (χ3n) is 2.24. The monoisotopic (exact) mass is 334 g/mol. The quantitative estimate of drug-likeness (QED) is 0.695. The van der Waals surface area contributed by atoms with Crippen LogP contribution in [-0.4, -0.2) is 7.11 Å². The van der Waals surface area contributed by atoms with Gasteiger partial charge in [-0.25, -0.2) is 0 Å². The molecule has 0 saturated heterocycles. The third-order valence-corrected chi connectivity index (χ3v) is 4.79. The van der Waals surface area contributed by atoms with Crippen molar-refractivity contribution >= 4 is 31.9 Å². The summed E-state index contributed by atoms with van der Waals surface area (Å²) < 4.78 is 6.25. The highest BCUT2D eigenvalue weighted by Gasteiger charge is 2.25. The Balaban J connectivity index is 3.06. The second-order valence-electron chi connectivity index (χ2n) is 4.62. The van der Waals surface area contributed by atoms with Crippen LogP contribution >= 0.6 is 31.9 Å². The molecule has 0 aliphatic rings. The average molecular weight is 336 g/mol. The summed E-state index contributed by atoms with van der Waals surface area (Å²) in [5, 5.41) is 0. The molecule has 0 aliphatic carbocycles. The molecule has 1 unspecified atom stereocenters. The van der Waals surface area contributed by atoms with Crippen LogP contribution in [0.2, 0.25) is 0 Å². The summed E-state index contributed by atoms with van der Waals surface area (Å²) in [7, 11) is 1.68. The summed E-state index contributed by atoms with van der Waals surface area (Å²) in [6.45, 7) is 6.63. The first-order valence-corrected chi connectivity index (χ1v) is 6.54. The summed E-state index contributed by atoms with van der Waals surface area (Å²) in [4.78, 5) is 0.324. The van der Waals surface area contributed by atoms with Crippen LogP contribution in [0, 0.1) is 5.41 Å². The number of ether oxygens (including phenoxy) is 1. The molecule has 0 fully saturated rings. The molecule has 0 saturated carbocycles. The zero-order chi connectivity index (χ0) is 11.6. The van der Waals surface area contributed by atoms with Gasteiger partial charge in [-0.1, -0.05) is 58.7 Å². The lowest BCUT2D eigenvalue weighted by atomic mass is 9.88. The normalized spacial score (nSPS) is 13.7. The minimum Gasteiger partial charge on any atom is -0.497 e. The highest BCUT2D eigenvalue weighted by Crippen LogP contribution is 2.43. The Hall–Kier alpha value is -0.0200. The standard InChI is InChI=1S/C12H16Br2O/c1-12(2,3)11(14)9-6-5-8(15-4)7-10(9)13/h5-7,11H,1-4H3. The molecule has 3 heteroatoms. The number of methoxy groups -OCH3 is 1. The van der Waals surface area contributed by atoms with Gasteiger partial charge in [0, 0.05) is 9.30 Å². The molecule has 0 radical (unpaired) electrons. The van der Waals surface area contributed by atoms with Gasteiger partial charge in [0.05, 0.1) is 7.11 Å². The highest BCUT2D eigenvalue weighted by molar-refractivity contribution is 9.11. The topological polar surface area (TPSA) is 9.23 Å². The van der Waals surface area contributed by atoms with Crippen molar-refractivity contribution in [1.82, 2.24) is 0 Å². The van der Waals surface area contributed by atoms with Gasteiger partial charge in [0.2, 0.25) is 0 Å². The van der Waals surface area contributed by atoms with Crippen molar-refractivity contribution in [2.75, 3.05) is 7.11 Å². The van der Waals surface area contributed by atoms with E-state index < -0.39 is 0 Å². The van der Waals surface area contributed by atoms with Gasteiger partial charge in [-0.15, -0.1) is 0 Å². The molecule has 0 amide bonds. The molecule has 0 N–H and O–H groups in total. The second kappa shape index (κ2) is 4.88. The van der Waals surface area contributed by atoms with Crippen LogP contribution < -0.4 is 4.74 Å². The summed E-state index contributed by atoms with van der Waals surface area (Å²) in [6, 6.07) is 6.07. The first kappa shape index (κ1) is 13.0. The predicted octanol–water partition coefficient (Wildman–Crippen LogP) is 4.94. The molecule has 0 aliphatic heterocycles. The molecule has 1 nitrogen and oxygen atoms in total. The van der Waals surface area contributed by atoms with Crippen LogP contribution in [0.5, 0.6) is 5.75 Å². The smallest absolute Gasteiger partial charge is 0.120 e. The predicted molar refractivity (Wildman–Crippen MR) is 71.8 cm³/mol. The summed E-state index contributed by atoms with van der Waals surface area (Å²) in [6.07, 6.45) is 0. The fourth-order valence-electron chi connectivity index (χ4n) is 1.31. The van der Waals surface area contributed by atoms with Crippen LogP contribution in [0.25, 0.3) is 0 Å². The number of rotatable bonds is 2. The first-order valence-electron chi connectivity index (χ1n) is 4.83. The molecular formula is C12H16Br2O. The lowest BCUT2D eigenvalue weighted by Crippen LogP contribution is -2.13. The maximum absolute atomic E-state index is 5.17. The molecule has 1 rings (SSSR count). The molecule has 15 heavy (non-hydrogen) atoms. The minimum atomic E-state index is 0.192. The summed E-state index contributed by atoms with van der Waals surface area (Å²) in [5.41, 5.74) is 1.44. The maximum atomic E-state index is 5.17. The van der Waals surface area contributed by atoms with Gasteiger partial charge in [0.15, 0.2) is 0 Å². The Morgan fingerprint density at radius 2 is 1.87 bits per heavy atom. The number of hydrogen-bond donors (Lipinski definition) is 0. The average Bonchev–Trinajstić information content (AvgIpc) is 2.15. The Labute approximate surface area is 108 Å². The Morgan fingerprint density at radius 3 is 2.27 bits per heavy atom. The van der Waals surface area contributed by atoms with E-state index in [-0.39, 0.29) is 5.41 Å². The van der Waals surface area contributed by atoms with Gasteiger partial charge in [0.1, 0.15) is 5.75 Å². The van der Waals surface area contributed by atoms with E-state index in [1.807, 2.05) is 12.1 Å². The molecule has 0 spiro atoms. The lowest BCUT2D eigenvalue weighted by Gasteiger charge is -2.26. The third kappa shape index (κ3) is 3.22. The zero-order valence-corrected chi connectivity index (χ0v) is 12.6. The first-order chi connectivity index (χ1) is 6.86. The van der Waals surface area contributed by atoms with Crippen LogP contribution in [-0.2, 0) is 0 Å². The molecule has 84 valence electrons. The van der Waals surface area contributed by atoms with Crippen LogP contribution in [0.1, 0.15) is 31.2 Å². The van der Waals surface area contributed by atoms with Crippen LogP contribution in [0.15, 0.2) is 22.7 Å². The van der Waals surface area contributed by atoms with E-state index in [1.54, 1.807) is 7.11 Å². The van der Waals surface area contributed by atoms with Crippen molar-refractivity contribution in [3.8, 4) is 5.75 Å². The SMILES string of the molecule is COc1ccc(C(Br)C(C)(C)C)c(Br)c1. The van der Waals surface area contributed by atoms with Gasteiger partial charge in [0.25, 0.3) is 0 Å². The fraction of sp³-hybridized carbons (Fsp3) is 0.500. The van der Waals surface area contributed by atoms with Crippen molar-refractivity contribution in [2.45, 2.75) is 25.6 Å². The van der Waals surface area contributed by atoms with Crippen molar-refractivity contribution in [2.24, 2.45) is 5.41 Å². The van der Waals surface area contributed by atoms with E-state index in [4.69, 9.17) is 4.74 Å². The van der Waals surface area contributed by atoms with E-state index in [0.29, 0.717) is 4.83 Å². The zero-order valence-electron chi connectivity index (χ0n) is 9.47. The number of hydrogen-bond acceptors (Lipinski definition) is 1. The molecule has 0 aromatic heterocycles. The van der Waals surface area contributed by atoms with Crippen molar-refractivity contribution in [1.29, 1.82) is 0 Å². The molecule has 1 aromatic carbocycles. The van der Waals surface area contributed by atoms with Gasteiger partial charge in [-0.2, -0.15) is 0 Å². The second-order valence-corrected chi connectivity index (χ2v) is 6.39. The van der Waals surface area contributed by atoms with Gasteiger partial charge < -0.3 is 4.74 Å². The maximum Gasteiger partial charge on any atom is 0.120 e. The molecule has 1 atom stereocenters. The molecule has 0 heterocycles. The molecular weight excluding hydrogens is 320 g/mol. The van der Waals surface area contributed by atoms with Crippen LogP contribution in [0.4, 0.5) is 0 Å². The van der Waals surface area contributed by atoms with E-state index in [0.717, 1.165) is 10.2 Å². The van der Waals surface area contributed by atoms with Gasteiger partial charge in [-0.3, -0.25) is 0 Å². The van der Waals surface area contributed by atoms with E-state index in [9.17, 15) is 0 Å². The van der Waals surface area contributed by atoms with Gasteiger partial charge >= 0.3 is 0 Å². The largest absolute Gasteiger partial charge is 0.497 e. The van der Waals surface area contributed by atoms with Gasteiger partial charge in [-0.05, 0) is 23.1 Å². The Kier molecular flexibility index (Phi) is 4.24. The lowest BCUT2D eigenvalue weighted by molar-refractivity contribution is 0.402. The Bertz CT molecular complexity index is 342. The van der Waals surface area contributed by atoms with E-state index >= 15 is 0 Å². The molecule has 0 bridgehead atoms. The van der Waals surface area contributed by atoms with Crippen molar-refractivity contribution in [3.63, 3.8) is 0 Å². The number of alkyl halides is 1. The summed E-state index contributed by atoms with van der Waals surface area (Å²) >= 11 is 7.30. The highest BCUT2D eigenvalue weighted by atomic mass is 79.9. The molecule has 1 aromatic rings. The van der Waals surface area contributed by atoms with Crippen molar-refractivity contribution in [3.05, 3.63) is 28.2 Å². The fourth-order valence-corrected chi connectivity index (χ4v) is 2.60. The van der Waals surface area contributed by atoms with Crippen molar-refractivity contribution < 1.29 is 4.74 Å². The summed E-state index contributed by atoms with van der Waals surface area (Å²) in [5.74, 6) is 0.874. The minimum absolute atomic E-state index is 0.192. The number of halogens is 2. The van der Waals surface area contributed by atoms with Crippen LogP contribution in [0.3, 0.4) is 0 Å². The Morgan fingerprint density at radius 1 is 1.27 bits per heavy atom.